The molecule has 3 heteroatoms. The summed E-state index contributed by atoms with van der Waals surface area (Å²) in [5.41, 5.74) is 2.51. The predicted molar refractivity (Wildman–Crippen MR) is 100.0 cm³/mol. The van der Waals surface area contributed by atoms with Crippen LogP contribution in [0.4, 0.5) is 4.39 Å². The predicted octanol–water partition coefficient (Wildman–Crippen LogP) is 6.45. The van der Waals surface area contributed by atoms with E-state index in [1.165, 1.54) is 17.7 Å². The van der Waals surface area contributed by atoms with Crippen LogP contribution in [0.1, 0.15) is 57.0 Å². The highest BCUT2D eigenvalue weighted by Gasteiger charge is 2.14. The quantitative estimate of drug-likeness (QED) is 0.461. The fraction of sp³-hybridized carbons (Fsp3) is 0.318. The Kier molecular flexibility index (Phi) is 5.78. The van der Waals surface area contributed by atoms with Crippen LogP contribution in [0.25, 0.3) is 0 Å². The summed E-state index contributed by atoms with van der Waals surface area (Å²) in [6.07, 6.45) is 2.33. The second kappa shape index (κ2) is 7.64. The highest BCUT2D eigenvalue weighted by atomic mass is 19.1. The third kappa shape index (κ3) is 5.02. The minimum Gasteiger partial charge on any atom is -0.454 e. The molecule has 132 valence electrons. The monoisotopic (exact) mass is 340 g/mol. The Morgan fingerprint density at radius 3 is 2.28 bits per heavy atom. The molecule has 25 heavy (non-hydrogen) atoms. The van der Waals surface area contributed by atoms with Crippen molar-refractivity contribution in [2.24, 2.45) is 0 Å². The molecule has 0 fully saturated rings. The lowest BCUT2D eigenvalue weighted by atomic mass is 9.87. The van der Waals surface area contributed by atoms with Crippen molar-refractivity contribution < 1.29 is 13.9 Å². The molecule has 0 aromatic heterocycles. The van der Waals surface area contributed by atoms with Crippen LogP contribution in [0.15, 0.2) is 54.1 Å². The number of allylic oxidation sites excluding steroid dienone is 2. The van der Waals surface area contributed by atoms with Gasteiger partial charge in [0.1, 0.15) is 5.75 Å². The van der Waals surface area contributed by atoms with Crippen molar-refractivity contribution in [2.45, 2.75) is 46.5 Å². The highest BCUT2D eigenvalue weighted by Crippen LogP contribution is 2.28. The Hall–Kier alpha value is -2.42. The Morgan fingerprint density at radius 1 is 1.12 bits per heavy atom. The van der Waals surface area contributed by atoms with Gasteiger partial charge in [-0.15, -0.1) is 0 Å². The standard InChI is InChI=1S/C22H25FO2/c1-6-15(2)13-20(24)16-7-12-21(19(23)14-16)25-18-10-8-17(9-11-18)22(3,4)5/h7-14H,6H2,1-5H3/b15-13+. The highest BCUT2D eigenvalue weighted by molar-refractivity contribution is 6.04. The van der Waals surface area contributed by atoms with Gasteiger partial charge in [-0.1, -0.05) is 45.4 Å². The smallest absolute Gasteiger partial charge is 0.185 e. The zero-order valence-electron chi connectivity index (χ0n) is 15.5. The Morgan fingerprint density at radius 2 is 1.76 bits per heavy atom. The molecule has 0 saturated carbocycles. The molecule has 0 N–H and O–H groups in total. The summed E-state index contributed by atoms with van der Waals surface area (Å²) in [5.74, 6) is -0.0726. The lowest BCUT2D eigenvalue weighted by Gasteiger charge is -2.19. The summed E-state index contributed by atoms with van der Waals surface area (Å²) in [6, 6.07) is 11.9. The summed E-state index contributed by atoms with van der Waals surface area (Å²) < 4.78 is 19.9. The van der Waals surface area contributed by atoms with Gasteiger partial charge in [0.05, 0.1) is 0 Å². The minimum atomic E-state index is -0.548. The molecule has 0 aliphatic carbocycles. The van der Waals surface area contributed by atoms with Gasteiger partial charge in [0.25, 0.3) is 0 Å². The van der Waals surface area contributed by atoms with Crippen molar-refractivity contribution >= 4 is 5.78 Å². The summed E-state index contributed by atoms with van der Waals surface area (Å²) in [5, 5.41) is 0. The number of ether oxygens (including phenoxy) is 1. The van der Waals surface area contributed by atoms with E-state index in [4.69, 9.17) is 4.74 Å². The number of halogens is 1. The van der Waals surface area contributed by atoms with Crippen LogP contribution in [0.2, 0.25) is 0 Å². The van der Waals surface area contributed by atoms with E-state index >= 15 is 0 Å². The molecule has 0 unspecified atom stereocenters. The van der Waals surface area contributed by atoms with E-state index in [9.17, 15) is 9.18 Å². The van der Waals surface area contributed by atoms with E-state index in [1.807, 2.05) is 38.1 Å². The first-order valence-corrected chi connectivity index (χ1v) is 8.50. The number of carbonyl (C=O) groups excluding carboxylic acids is 1. The van der Waals surface area contributed by atoms with Gasteiger partial charge in [0.15, 0.2) is 17.3 Å². The Bertz CT molecular complexity index is 781. The summed E-state index contributed by atoms with van der Waals surface area (Å²) in [6.45, 7) is 10.3. The molecule has 0 saturated heterocycles. The molecule has 0 heterocycles. The number of benzene rings is 2. The van der Waals surface area contributed by atoms with Crippen molar-refractivity contribution in [3.8, 4) is 11.5 Å². The average Bonchev–Trinajstić information content (AvgIpc) is 2.56. The lowest BCUT2D eigenvalue weighted by molar-refractivity contribution is 0.104. The largest absolute Gasteiger partial charge is 0.454 e. The second-order valence-electron chi connectivity index (χ2n) is 7.23. The number of carbonyl (C=O) groups is 1. The number of ketones is 1. The van der Waals surface area contributed by atoms with Crippen molar-refractivity contribution in [1.29, 1.82) is 0 Å². The minimum absolute atomic E-state index is 0.0515. The molecule has 0 radical (unpaired) electrons. The van der Waals surface area contributed by atoms with Gasteiger partial charge in [-0.2, -0.15) is 0 Å². The van der Waals surface area contributed by atoms with Crippen molar-refractivity contribution in [3.63, 3.8) is 0 Å². The molecule has 0 aliphatic heterocycles. The molecule has 2 rings (SSSR count). The Balaban J connectivity index is 2.17. The number of hydrogen-bond acceptors (Lipinski definition) is 2. The lowest BCUT2D eigenvalue weighted by Crippen LogP contribution is -2.10. The number of rotatable bonds is 5. The normalized spacial score (nSPS) is 12.2. The molecule has 2 nitrogen and oxygen atoms in total. The fourth-order valence-corrected chi connectivity index (χ4v) is 2.30. The van der Waals surface area contributed by atoms with Gasteiger partial charge in [-0.05, 0) is 60.7 Å². The van der Waals surface area contributed by atoms with Crippen LogP contribution >= 0.6 is 0 Å². The van der Waals surface area contributed by atoms with E-state index < -0.39 is 5.82 Å². The molecular weight excluding hydrogens is 315 g/mol. The van der Waals surface area contributed by atoms with Gasteiger partial charge >= 0.3 is 0 Å². The van der Waals surface area contributed by atoms with Gasteiger partial charge in [-0.3, -0.25) is 4.79 Å². The van der Waals surface area contributed by atoms with E-state index in [0.717, 1.165) is 12.0 Å². The van der Waals surface area contributed by atoms with E-state index in [0.29, 0.717) is 11.3 Å². The van der Waals surface area contributed by atoms with Crippen LogP contribution < -0.4 is 4.74 Å². The first-order chi connectivity index (χ1) is 11.7. The maximum absolute atomic E-state index is 14.3. The van der Waals surface area contributed by atoms with E-state index in [2.05, 4.69) is 20.8 Å². The van der Waals surface area contributed by atoms with Crippen molar-refractivity contribution in [2.75, 3.05) is 0 Å². The SMILES string of the molecule is CC/C(C)=C/C(=O)c1ccc(Oc2ccc(C(C)(C)C)cc2)c(F)c1. The molecule has 0 spiro atoms. The van der Waals surface area contributed by atoms with Crippen LogP contribution in [0, 0.1) is 5.82 Å². The van der Waals surface area contributed by atoms with Gasteiger partial charge in [0, 0.05) is 5.56 Å². The molecule has 0 atom stereocenters. The van der Waals surface area contributed by atoms with E-state index in [1.54, 1.807) is 12.1 Å². The number of hydrogen-bond donors (Lipinski definition) is 0. The zero-order valence-corrected chi connectivity index (χ0v) is 15.5. The second-order valence-corrected chi connectivity index (χ2v) is 7.23. The van der Waals surface area contributed by atoms with Gasteiger partial charge in [-0.25, -0.2) is 4.39 Å². The zero-order chi connectivity index (χ0) is 18.6. The van der Waals surface area contributed by atoms with E-state index in [-0.39, 0.29) is 16.9 Å². The van der Waals surface area contributed by atoms with Gasteiger partial charge < -0.3 is 4.74 Å². The first-order valence-electron chi connectivity index (χ1n) is 8.50. The molecular formula is C22H25FO2. The van der Waals surface area contributed by atoms with Crippen LogP contribution in [-0.4, -0.2) is 5.78 Å². The molecule has 2 aromatic rings. The molecule has 0 aliphatic rings. The molecule has 2 aromatic carbocycles. The summed E-state index contributed by atoms with van der Waals surface area (Å²) in [7, 11) is 0. The molecule has 0 bridgehead atoms. The third-order valence-corrected chi connectivity index (χ3v) is 4.10. The Labute approximate surface area is 149 Å². The molecule has 0 amide bonds. The van der Waals surface area contributed by atoms with Crippen LogP contribution in [-0.2, 0) is 5.41 Å². The third-order valence-electron chi connectivity index (χ3n) is 4.10. The maximum atomic E-state index is 14.3. The topological polar surface area (TPSA) is 26.3 Å². The fourth-order valence-electron chi connectivity index (χ4n) is 2.30. The summed E-state index contributed by atoms with van der Waals surface area (Å²) in [4.78, 5) is 12.1. The average molecular weight is 340 g/mol. The van der Waals surface area contributed by atoms with Crippen LogP contribution in [0.5, 0.6) is 11.5 Å². The van der Waals surface area contributed by atoms with Crippen LogP contribution in [0.3, 0.4) is 0 Å². The van der Waals surface area contributed by atoms with Gasteiger partial charge in [0.2, 0.25) is 0 Å². The van der Waals surface area contributed by atoms with Crippen molar-refractivity contribution in [1.82, 2.24) is 0 Å². The first kappa shape index (κ1) is 18.9. The summed E-state index contributed by atoms with van der Waals surface area (Å²) >= 11 is 0. The maximum Gasteiger partial charge on any atom is 0.185 e. The van der Waals surface area contributed by atoms with Crippen molar-refractivity contribution in [3.05, 3.63) is 71.1 Å².